The van der Waals surface area contributed by atoms with Crippen LogP contribution in [0, 0.1) is 11.7 Å². The van der Waals surface area contributed by atoms with E-state index in [0.717, 1.165) is 30.8 Å². The molecule has 0 amide bonds. The molecule has 1 heterocycles. The summed E-state index contributed by atoms with van der Waals surface area (Å²) >= 11 is 0. The molecule has 17 heavy (non-hydrogen) atoms. The van der Waals surface area contributed by atoms with Crippen LogP contribution in [0.25, 0.3) is 0 Å². The van der Waals surface area contributed by atoms with Gasteiger partial charge < -0.3 is 10.1 Å². The lowest BCUT2D eigenvalue weighted by Gasteiger charge is -2.23. The van der Waals surface area contributed by atoms with Crippen molar-refractivity contribution in [2.24, 2.45) is 5.92 Å². The van der Waals surface area contributed by atoms with Gasteiger partial charge in [0.05, 0.1) is 7.11 Å². The largest absolute Gasteiger partial charge is 0.496 e. The van der Waals surface area contributed by atoms with Crippen LogP contribution in [0.3, 0.4) is 0 Å². The van der Waals surface area contributed by atoms with Crippen molar-refractivity contribution >= 4 is 12.4 Å². The van der Waals surface area contributed by atoms with E-state index in [0.29, 0.717) is 5.92 Å². The first-order chi connectivity index (χ1) is 7.79. The van der Waals surface area contributed by atoms with E-state index in [1.165, 1.54) is 18.9 Å². The molecule has 1 saturated heterocycles. The summed E-state index contributed by atoms with van der Waals surface area (Å²) in [6.45, 7) is 2.14. The number of hydrogen-bond acceptors (Lipinski definition) is 2. The van der Waals surface area contributed by atoms with Gasteiger partial charge in [0.1, 0.15) is 11.6 Å². The van der Waals surface area contributed by atoms with Crippen LogP contribution in [0.4, 0.5) is 4.39 Å². The Morgan fingerprint density at radius 3 is 2.71 bits per heavy atom. The van der Waals surface area contributed by atoms with Crippen molar-refractivity contribution in [3.63, 3.8) is 0 Å². The molecule has 1 aromatic carbocycles. The Balaban J connectivity index is 0.00000144. The number of methoxy groups -OCH3 is 1. The summed E-state index contributed by atoms with van der Waals surface area (Å²) in [6, 6.07) is 4.76. The minimum atomic E-state index is -0.176. The van der Waals surface area contributed by atoms with Crippen LogP contribution < -0.4 is 10.1 Å². The molecule has 1 aromatic rings. The fraction of sp³-hybridized carbons (Fsp3) is 0.538. The van der Waals surface area contributed by atoms with E-state index in [-0.39, 0.29) is 18.2 Å². The van der Waals surface area contributed by atoms with E-state index >= 15 is 0 Å². The van der Waals surface area contributed by atoms with Gasteiger partial charge in [0.15, 0.2) is 0 Å². The van der Waals surface area contributed by atoms with E-state index in [1.807, 2.05) is 0 Å². The van der Waals surface area contributed by atoms with Gasteiger partial charge in [0.2, 0.25) is 0 Å². The molecule has 0 radical (unpaired) electrons. The second-order valence-corrected chi connectivity index (χ2v) is 4.35. The molecule has 1 aliphatic rings. The average molecular weight is 260 g/mol. The van der Waals surface area contributed by atoms with Gasteiger partial charge in [-0.3, -0.25) is 0 Å². The lowest BCUT2D eigenvalue weighted by molar-refractivity contribution is 0.360. The summed E-state index contributed by atoms with van der Waals surface area (Å²) in [6.07, 6.45) is 3.25. The third-order valence-corrected chi connectivity index (χ3v) is 3.21. The molecule has 0 saturated carbocycles. The van der Waals surface area contributed by atoms with Crippen molar-refractivity contribution in [1.29, 1.82) is 0 Å². The highest BCUT2D eigenvalue weighted by Crippen LogP contribution is 2.25. The van der Waals surface area contributed by atoms with Crippen LogP contribution in [0.15, 0.2) is 18.2 Å². The predicted octanol–water partition coefficient (Wildman–Crippen LogP) is 2.80. The molecule has 1 N–H and O–H groups in total. The summed E-state index contributed by atoms with van der Waals surface area (Å²) < 4.78 is 18.4. The zero-order valence-corrected chi connectivity index (χ0v) is 10.9. The fourth-order valence-electron chi connectivity index (χ4n) is 2.30. The smallest absolute Gasteiger partial charge is 0.123 e. The molecular weight excluding hydrogens is 241 g/mol. The number of halogens is 2. The highest BCUT2D eigenvalue weighted by atomic mass is 35.5. The van der Waals surface area contributed by atoms with Crippen LogP contribution >= 0.6 is 12.4 Å². The summed E-state index contributed by atoms with van der Waals surface area (Å²) in [4.78, 5) is 0. The van der Waals surface area contributed by atoms with Crippen LogP contribution in [0.1, 0.15) is 18.4 Å². The van der Waals surface area contributed by atoms with Crippen molar-refractivity contribution in [2.75, 3.05) is 20.2 Å². The lowest BCUT2D eigenvalue weighted by Crippen LogP contribution is -2.28. The standard InChI is InChI=1S/C13H18FNO.ClH/c1-16-13-3-2-12(14)9-11(13)8-10-4-6-15-7-5-10;/h2-3,9-10,15H,4-8H2,1H3;1H. The molecule has 4 heteroatoms. The van der Waals surface area contributed by atoms with Gasteiger partial charge in [-0.05, 0) is 62.0 Å². The number of hydrogen-bond donors (Lipinski definition) is 1. The first kappa shape index (κ1) is 14.3. The molecule has 0 unspecified atom stereocenters. The van der Waals surface area contributed by atoms with Gasteiger partial charge >= 0.3 is 0 Å². The number of nitrogens with one attached hydrogen (secondary N) is 1. The van der Waals surface area contributed by atoms with Crippen molar-refractivity contribution in [3.05, 3.63) is 29.6 Å². The van der Waals surface area contributed by atoms with Crippen LogP contribution in [-0.2, 0) is 6.42 Å². The Morgan fingerprint density at radius 1 is 1.35 bits per heavy atom. The van der Waals surface area contributed by atoms with Gasteiger partial charge in [0.25, 0.3) is 0 Å². The average Bonchev–Trinajstić information content (AvgIpc) is 2.31. The molecule has 0 spiro atoms. The zero-order valence-electron chi connectivity index (χ0n) is 10.0. The van der Waals surface area contributed by atoms with Gasteiger partial charge in [-0.1, -0.05) is 0 Å². The maximum absolute atomic E-state index is 13.2. The van der Waals surface area contributed by atoms with Crippen molar-refractivity contribution in [1.82, 2.24) is 5.32 Å². The minimum Gasteiger partial charge on any atom is -0.496 e. The Hall–Kier alpha value is -0.800. The SMILES string of the molecule is COc1ccc(F)cc1CC1CCNCC1.Cl. The minimum absolute atomic E-state index is 0. The molecule has 0 aromatic heterocycles. The van der Waals surface area contributed by atoms with Gasteiger partial charge in [0, 0.05) is 0 Å². The molecule has 2 nitrogen and oxygen atoms in total. The maximum atomic E-state index is 13.2. The molecule has 0 atom stereocenters. The fourth-order valence-corrected chi connectivity index (χ4v) is 2.30. The molecular formula is C13H19ClFNO. The first-order valence-electron chi connectivity index (χ1n) is 5.82. The highest BCUT2D eigenvalue weighted by molar-refractivity contribution is 5.85. The Morgan fingerprint density at radius 2 is 2.06 bits per heavy atom. The Bertz CT molecular complexity index is 353. The third-order valence-electron chi connectivity index (χ3n) is 3.21. The van der Waals surface area contributed by atoms with E-state index in [4.69, 9.17) is 4.74 Å². The van der Waals surface area contributed by atoms with Gasteiger partial charge in [-0.25, -0.2) is 4.39 Å². The van der Waals surface area contributed by atoms with Crippen molar-refractivity contribution < 1.29 is 9.13 Å². The lowest BCUT2D eigenvalue weighted by atomic mass is 9.90. The molecule has 0 aliphatic carbocycles. The number of benzene rings is 1. The molecule has 1 aliphatic heterocycles. The van der Waals surface area contributed by atoms with Crippen LogP contribution in [0.2, 0.25) is 0 Å². The quantitative estimate of drug-likeness (QED) is 0.901. The van der Waals surface area contributed by atoms with E-state index in [9.17, 15) is 4.39 Å². The van der Waals surface area contributed by atoms with Crippen molar-refractivity contribution in [3.8, 4) is 5.75 Å². The number of ether oxygens (including phenoxy) is 1. The monoisotopic (exact) mass is 259 g/mol. The summed E-state index contributed by atoms with van der Waals surface area (Å²) in [5.74, 6) is 1.28. The van der Waals surface area contributed by atoms with Crippen LogP contribution in [0.5, 0.6) is 5.75 Å². The summed E-state index contributed by atoms with van der Waals surface area (Å²) in [5, 5.41) is 3.34. The summed E-state index contributed by atoms with van der Waals surface area (Å²) in [7, 11) is 1.64. The Kier molecular flexibility index (Phi) is 5.72. The van der Waals surface area contributed by atoms with Crippen LogP contribution in [-0.4, -0.2) is 20.2 Å². The second kappa shape index (κ2) is 6.82. The number of piperidine rings is 1. The van der Waals surface area contributed by atoms with Crippen molar-refractivity contribution in [2.45, 2.75) is 19.3 Å². The van der Waals surface area contributed by atoms with E-state index < -0.39 is 0 Å². The predicted molar refractivity (Wildman–Crippen MR) is 69.5 cm³/mol. The molecule has 0 bridgehead atoms. The summed E-state index contributed by atoms with van der Waals surface area (Å²) in [5.41, 5.74) is 0.995. The van der Waals surface area contributed by atoms with Gasteiger partial charge in [-0.15, -0.1) is 12.4 Å². The number of rotatable bonds is 3. The van der Waals surface area contributed by atoms with E-state index in [2.05, 4.69) is 5.32 Å². The highest BCUT2D eigenvalue weighted by Gasteiger charge is 2.16. The second-order valence-electron chi connectivity index (χ2n) is 4.35. The zero-order chi connectivity index (χ0) is 11.4. The molecule has 96 valence electrons. The normalized spacial score (nSPS) is 16.4. The molecule has 1 fully saturated rings. The van der Waals surface area contributed by atoms with E-state index in [1.54, 1.807) is 19.2 Å². The molecule has 2 rings (SSSR count). The third kappa shape index (κ3) is 3.86. The topological polar surface area (TPSA) is 21.3 Å². The van der Waals surface area contributed by atoms with Gasteiger partial charge in [-0.2, -0.15) is 0 Å². The first-order valence-corrected chi connectivity index (χ1v) is 5.82. The Labute approximate surface area is 108 Å². The maximum Gasteiger partial charge on any atom is 0.123 e.